The van der Waals surface area contributed by atoms with E-state index in [0.717, 1.165) is 32.7 Å². The molecule has 0 aromatic heterocycles. The molecular weight excluding hydrogens is 198 g/mol. The fraction of sp³-hybridized carbons (Fsp3) is 0.857. The van der Waals surface area contributed by atoms with Crippen molar-refractivity contribution < 1.29 is 4.74 Å². The Hall–Kier alpha value is -0.500. The molecule has 0 saturated carbocycles. The monoisotopic (exact) mass is 227 g/mol. The van der Waals surface area contributed by atoms with Crippen molar-refractivity contribution in [1.29, 1.82) is 0 Å². The summed E-state index contributed by atoms with van der Waals surface area (Å²) < 4.78 is 5.58. The highest BCUT2D eigenvalue weighted by atomic mass is 16.5. The second-order valence-electron chi connectivity index (χ2n) is 4.77. The number of hydrogen-bond acceptors (Lipinski definition) is 2. The van der Waals surface area contributed by atoms with E-state index in [1.54, 1.807) is 0 Å². The molecule has 0 atom stereocenters. The lowest BCUT2D eigenvalue weighted by molar-refractivity contribution is 0.108. The van der Waals surface area contributed by atoms with E-state index in [2.05, 4.69) is 39.2 Å². The lowest BCUT2D eigenvalue weighted by Gasteiger charge is -2.26. The van der Waals surface area contributed by atoms with Crippen molar-refractivity contribution in [3.8, 4) is 0 Å². The first-order valence-electron chi connectivity index (χ1n) is 6.62. The highest BCUT2D eigenvalue weighted by Crippen LogP contribution is 2.09. The van der Waals surface area contributed by atoms with Crippen LogP contribution in [0.4, 0.5) is 0 Å². The topological polar surface area (TPSA) is 12.5 Å². The van der Waals surface area contributed by atoms with E-state index in [4.69, 9.17) is 4.74 Å². The third kappa shape index (κ3) is 7.75. The van der Waals surface area contributed by atoms with Crippen LogP contribution in [0.25, 0.3) is 0 Å². The Balaban J connectivity index is 3.73. The Labute approximate surface area is 102 Å². The molecule has 0 heterocycles. The molecule has 0 saturated heterocycles. The fourth-order valence-corrected chi connectivity index (χ4v) is 1.63. The van der Waals surface area contributed by atoms with E-state index < -0.39 is 0 Å². The number of rotatable bonds is 10. The summed E-state index contributed by atoms with van der Waals surface area (Å²) in [5.74, 6) is 0.621. The highest BCUT2D eigenvalue weighted by Gasteiger charge is 2.05. The van der Waals surface area contributed by atoms with Crippen LogP contribution < -0.4 is 0 Å². The van der Waals surface area contributed by atoms with Gasteiger partial charge in [-0.15, -0.1) is 0 Å². The van der Waals surface area contributed by atoms with Crippen LogP contribution in [-0.2, 0) is 4.74 Å². The second-order valence-corrected chi connectivity index (χ2v) is 4.77. The van der Waals surface area contributed by atoms with Gasteiger partial charge in [-0.1, -0.05) is 34.3 Å². The Morgan fingerprint density at radius 2 is 1.75 bits per heavy atom. The Morgan fingerprint density at radius 3 is 2.19 bits per heavy atom. The SMILES string of the molecule is C=C(CCOCC(C)C)N(CCC)CCC. The zero-order valence-electron chi connectivity index (χ0n) is 11.6. The van der Waals surface area contributed by atoms with Crippen molar-refractivity contribution in [2.75, 3.05) is 26.3 Å². The van der Waals surface area contributed by atoms with Crippen LogP contribution in [0.3, 0.4) is 0 Å². The van der Waals surface area contributed by atoms with Gasteiger partial charge in [0.05, 0.1) is 6.61 Å². The molecule has 16 heavy (non-hydrogen) atoms. The Morgan fingerprint density at radius 1 is 1.19 bits per heavy atom. The molecule has 0 unspecified atom stereocenters. The zero-order chi connectivity index (χ0) is 12.4. The van der Waals surface area contributed by atoms with Gasteiger partial charge in [0.2, 0.25) is 0 Å². The smallest absolute Gasteiger partial charge is 0.0520 e. The average Bonchev–Trinajstić information content (AvgIpc) is 2.23. The summed E-state index contributed by atoms with van der Waals surface area (Å²) in [5, 5.41) is 0. The van der Waals surface area contributed by atoms with E-state index in [-0.39, 0.29) is 0 Å². The molecule has 0 radical (unpaired) electrons. The van der Waals surface area contributed by atoms with E-state index in [1.807, 2.05) is 0 Å². The van der Waals surface area contributed by atoms with E-state index in [1.165, 1.54) is 18.5 Å². The third-order valence-electron chi connectivity index (χ3n) is 2.42. The number of hydrogen-bond donors (Lipinski definition) is 0. The first-order valence-corrected chi connectivity index (χ1v) is 6.62. The normalized spacial score (nSPS) is 10.8. The standard InChI is InChI=1S/C14H29NO/c1-6-9-15(10-7-2)14(5)8-11-16-12-13(3)4/h13H,5-12H2,1-4H3. The molecule has 0 aliphatic heterocycles. The van der Waals surface area contributed by atoms with Gasteiger partial charge in [-0.25, -0.2) is 0 Å². The highest BCUT2D eigenvalue weighted by molar-refractivity contribution is 4.93. The molecule has 96 valence electrons. The molecule has 0 fully saturated rings. The number of nitrogens with zero attached hydrogens (tertiary/aromatic N) is 1. The Kier molecular flexibility index (Phi) is 9.40. The van der Waals surface area contributed by atoms with Crippen LogP contribution in [-0.4, -0.2) is 31.2 Å². The van der Waals surface area contributed by atoms with Crippen LogP contribution >= 0.6 is 0 Å². The summed E-state index contributed by atoms with van der Waals surface area (Å²) in [5.41, 5.74) is 1.23. The minimum atomic E-state index is 0.621. The van der Waals surface area contributed by atoms with Gasteiger partial charge in [0.1, 0.15) is 0 Å². The summed E-state index contributed by atoms with van der Waals surface area (Å²) in [6.45, 7) is 16.8. The fourth-order valence-electron chi connectivity index (χ4n) is 1.63. The minimum absolute atomic E-state index is 0.621. The first kappa shape index (κ1) is 15.5. The molecule has 0 aromatic carbocycles. The van der Waals surface area contributed by atoms with Gasteiger partial charge in [0.25, 0.3) is 0 Å². The third-order valence-corrected chi connectivity index (χ3v) is 2.42. The zero-order valence-corrected chi connectivity index (χ0v) is 11.6. The molecule has 0 rings (SSSR count). The number of ether oxygens (including phenoxy) is 1. The predicted molar refractivity (Wildman–Crippen MR) is 71.6 cm³/mol. The van der Waals surface area contributed by atoms with E-state index >= 15 is 0 Å². The van der Waals surface area contributed by atoms with Crippen molar-refractivity contribution in [2.45, 2.75) is 47.0 Å². The molecule has 0 N–H and O–H groups in total. The van der Waals surface area contributed by atoms with Crippen LogP contribution in [0.5, 0.6) is 0 Å². The van der Waals surface area contributed by atoms with Crippen molar-refractivity contribution in [3.05, 3.63) is 12.3 Å². The maximum atomic E-state index is 5.58. The van der Waals surface area contributed by atoms with Crippen LogP contribution in [0.1, 0.15) is 47.0 Å². The maximum absolute atomic E-state index is 5.58. The van der Waals surface area contributed by atoms with Gasteiger partial charge in [0.15, 0.2) is 0 Å². The molecule has 0 spiro atoms. The van der Waals surface area contributed by atoms with Crippen LogP contribution in [0, 0.1) is 5.92 Å². The van der Waals surface area contributed by atoms with Gasteiger partial charge in [-0.05, 0) is 18.8 Å². The summed E-state index contributed by atoms with van der Waals surface area (Å²) in [6.07, 6.45) is 3.34. The molecule has 2 nitrogen and oxygen atoms in total. The maximum Gasteiger partial charge on any atom is 0.0520 e. The largest absolute Gasteiger partial charge is 0.381 e. The summed E-state index contributed by atoms with van der Waals surface area (Å²) in [7, 11) is 0. The van der Waals surface area contributed by atoms with E-state index in [0.29, 0.717) is 5.92 Å². The summed E-state index contributed by atoms with van der Waals surface area (Å²) >= 11 is 0. The van der Waals surface area contributed by atoms with E-state index in [9.17, 15) is 0 Å². The van der Waals surface area contributed by atoms with Crippen molar-refractivity contribution >= 4 is 0 Å². The van der Waals surface area contributed by atoms with Gasteiger partial charge in [0, 0.05) is 31.8 Å². The Bertz CT molecular complexity index is 172. The molecule has 0 aliphatic rings. The van der Waals surface area contributed by atoms with Crippen LogP contribution in [0.2, 0.25) is 0 Å². The van der Waals surface area contributed by atoms with Crippen molar-refractivity contribution in [3.63, 3.8) is 0 Å². The van der Waals surface area contributed by atoms with Gasteiger partial charge in [-0.2, -0.15) is 0 Å². The summed E-state index contributed by atoms with van der Waals surface area (Å²) in [6, 6.07) is 0. The summed E-state index contributed by atoms with van der Waals surface area (Å²) in [4.78, 5) is 2.39. The molecule has 2 heteroatoms. The molecular formula is C14H29NO. The van der Waals surface area contributed by atoms with Gasteiger partial charge < -0.3 is 9.64 Å². The van der Waals surface area contributed by atoms with Gasteiger partial charge in [-0.3, -0.25) is 0 Å². The average molecular weight is 227 g/mol. The van der Waals surface area contributed by atoms with Crippen molar-refractivity contribution in [1.82, 2.24) is 4.90 Å². The second kappa shape index (κ2) is 9.71. The van der Waals surface area contributed by atoms with Crippen LogP contribution in [0.15, 0.2) is 12.3 Å². The lowest BCUT2D eigenvalue weighted by atomic mass is 10.2. The molecule has 0 aromatic rings. The van der Waals surface area contributed by atoms with Gasteiger partial charge >= 0.3 is 0 Å². The predicted octanol–water partition coefficient (Wildman–Crippen LogP) is 3.68. The lowest BCUT2D eigenvalue weighted by Crippen LogP contribution is -2.25. The molecule has 0 bridgehead atoms. The molecule has 0 aliphatic carbocycles. The first-order chi connectivity index (χ1) is 7.61. The minimum Gasteiger partial charge on any atom is -0.381 e. The molecule has 0 amide bonds. The van der Waals surface area contributed by atoms with Crippen molar-refractivity contribution in [2.24, 2.45) is 5.92 Å². The quantitative estimate of drug-likeness (QED) is 0.528.